The minimum Gasteiger partial charge on any atom is -0.493 e. The fourth-order valence-electron chi connectivity index (χ4n) is 2.68. The maximum absolute atomic E-state index is 11.2. The Morgan fingerprint density at radius 1 is 1.04 bits per heavy atom. The normalized spacial score (nSPS) is 10.6. The Hall–Kier alpha value is -3.08. The van der Waals surface area contributed by atoms with Crippen molar-refractivity contribution in [1.29, 1.82) is 0 Å². The van der Waals surface area contributed by atoms with Crippen LogP contribution in [0.25, 0.3) is 22.2 Å². The zero-order valence-electron chi connectivity index (χ0n) is 13.7. The van der Waals surface area contributed by atoms with E-state index >= 15 is 0 Å². The molecule has 5 heteroatoms. The van der Waals surface area contributed by atoms with Gasteiger partial charge in [0.2, 0.25) is 0 Å². The molecule has 3 aromatic rings. The van der Waals surface area contributed by atoms with E-state index in [4.69, 9.17) is 14.6 Å². The van der Waals surface area contributed by atoms with Crippen LogP contribution in [0, 0.1) is 6.92 Å². The number of aromatic carboxylic acids is 1. The number of aryl methyl sites for hydroxylation is 1. The number of fused-ring (bicyclic) bond motifs is 1. The molecule has 24 heavy (non-hydrogen) atoms. The average Bonchev–Trinajstić information content (AvgIpc) is 2.60. The number of carbonyl (C=O) groups is 1. The molecule has 0 unspecified atom stereocenters. The Labute approximate surface area is 139 Å². The molecular weight excluding hydrogens is 306 g/mol. The number of carboxylic acids is 1. The van der Waals surface area contributed by atoms with Crippen LogP contribution in [0.3, 0.4) is 0 Å². The van der Waals surface area contributed by atoms with E-state index in [9.17, 15) is 4.79 Å². The van der Waals surface area contributed by atoms with Gasteiger partial charge in [-0.1, -0.05) is 12.1 Å². The SMILES string of the molecule is COc1cc2nc(-c3cccc(C(=O)O)c3)cc(C)c2cc1OC. The van der Waals surface area contributed by atoms with E-state index in [0.717, 1.165) is 27.7 Å². The van der Waals surface area contributed by atoms with Gasteiger partial charge in [0.05, 0.1) is 31.0 Å². The van der Waals surface area contributed by atoms with Crippen molar-refractivity contribution >= 4 is 16.9 Å². The van der Waals surface area contributed by atoms with Gasteiger partial charge >= 0.3 is 5.97 Å². The van der Waals surface area contributed by atoms with E-state index in [1.54, 1.807) is 32.4 Å². The summed E-state index contributed by atoms with van der Waals surface area (Å²) in [6, 6.07) is 12.4. The number of rotatable bonds is 4. The molecule has 0 aliphatic heterocycles. The van der Waals surface area contributed by atoms with Gasteiger partial charge in [0, 0.05) is 17.0 Å². The summed E-state index contributed by atoms with van der Waals surface area (Å²) >= 11 is 0. The third kappa shape index (κ3) is 2.76. The van der Waals surface area contributed by atoms with Gasteiger partial charge in [0.25, 0.3) is 0 Å². The number of ether oxygens (including phenoxy) is 2. The molecular formula is C19H17NO4. The fraction of sp³-hybridized carbons (Fsp3) is 0.158. The van der Waals surface area contributed by atoms with E-state index in [1.165, 1.54) is 0 Å². The molecule has 0 bridgehead atoms. The van der Waals surface area contributed by atoms with Crippen LogP contribution in [0.2, 0.25) is 0 Å². The zero-order valence-corrected chi connectivity index (χ0v) is 13.7. The monoisotopic (exact) mass is 323 g/mol. The lowest BCUT2D eigenvalue weighted by Gasteiger charge is -2.12. The highest BCUT2D eigenvalue weighted by Gasteiger charge is 2.12. The van der Waals surface area contributed by atoms with E-state index in [-0.39, 0.29) is 5.56 Å². The number of methoxy groups -OCH3 is 2. The Bertz CT molecular complexity index is 934. The van der Waals surface area contributed by atoms with Crippen molar-refractivity contribution in [3.05, 3.63) is 53.6 Å². The molecule has 0 atom stereocenters. The lowest BCUT2D eigenvalue weighted by molar-refractivity contribution is 0.0697. The van der Waals surface area contributed by atoms with Crippen molar-refractivity contribution in [3.8, 4) is 22.8 Å². The second-order valence-electron chi connectivity index (χ2n) is 5.43. The van der Waals surface area contributed by atoms with Gasteiger partial charge in [-0.2, -0.15) is 0 Å². The van der Waals surface area contributed by atoms with Crippen LogP contribution in [0.5, 0.6) is 11.5 Å². The number of benzene rings is 2. The molecule has 0 amide bonds. The summed E-state index contributed by atoms with van der Waals surface area (Å²) in [5.41, 5.74) is 3.50. The van der Waals surface area contributed by atoms with E-state index in [0.29, 0.717) is 11.5 Å². The van der Waals surface area contributed by atoms with Gasteiger partial charge in [0.1, 0.15) is 0 Å². The minimum atomic E-state index is -0.958. The van der Waals surface area contributed by atoms with Crippen LogP contribution in [0.1, 0.15) is 15.9 Å². The number of aromatic nitrogens is 1. The quantitative estimate of drug-likeness (QED) is 0.788. The van der Waals surface area contributed by atoms with Gasteiger partial charge in [0.15, 0.2) is 11.5 Å². The first kappa shape index (κ1) is 15.8. The van der Waals surface area contributed by atoms with Gasteiger partial charge < -0.3 is 14.6 Å². The largest absolute Gasteiger partial charge is 0.493 e. The summed E-state index contributed by atoms with van der Waals surface area (Å²) in [6.45, 7) is 1.99. The summed E-state index contributed by atoms with van der Waals surface area (Å²) in [6.07, 6.45) is 0. The number of hydrogen-bond donors (Lipinski definition) is 1. The molecule has 122 valence electrons. The van der Waals surface area contributed by atoms with Crippen LogP contribution < -0.4 is 9.47 Å². The van der Waals surface area contributed by atoms with E-state index in [2.05, 4.69) is 4.98 Å². The summed E-state index contributed by atoms with van der Waals surface area (Å²) in [4.78, 5) is 15.8. The van der Waals surface area contributed by atoms with E-state index in [1.807, 2.05) is 31.2 Å². The van der Waals surface area contributed by atoms with Gasteiger partial charge in [-0.3, -0.25) is 0 Å². The van der Waals surface area contributed by atoms with Crippen LogP contribution in [0.15, 0.2) is 42.5 Å². The van der Waals surface area contributed by atoms with Crippen molar-refractivity contribution in [3.63, 3.8) is 0 Å². The Kier molecular flexibility index (Phi) is 4.08. The molecule has 0 saturated carbocycles. The summed E-state index contributed by atoms with van der Waals surface area (Å²) in [5.74, 6) is 0.296. The maximum Gasteiger partial charge on any atom is 0.335 e. The Morgan fingerprint density at radius 2 is 1.75 bits per heavy atom. The number of carboxylic acid groups (broad SMARTS) is 1. The van der Waals surface area contributed by atoms with Crippen LogP contribution in [-0.2, 0) is 0 Å². The van der Waals surface area contributed by atoms with E-state index < -0.39 is 5.97 Å². The molecule has 0 fully saturated rings. The fourth-order valence-corrected chi connectivity index (χ4v) is 2.68. The molecule has 3 rings (SSSR count). The summed E-state index contributed by atoms with van der Waals surface area (Å²) < 4.78 is 10.7. The smallest absolute Gasteiger partial charge is 0.335 e. The zero-order chi connectivity index (χ0) is 17.3. The molecule has 1 heterocycles. The van der Waals surface area contributed by atoms with Gasteiger partial charge in [-0.15, -0.1) is 0 Å². The van der Waals surface area contributed by atoms with Gasteiger partial charge in [-0.25, -0.2) is 9.78 Å². The highest BCUT2D eigenvalue weighted by Crippen LogP contribution is 2.34. The molecule has 1 N–H and O–H groups in total. The van der Waals surface area contributed by atoms with Crippen molar-refractivity contribution in [1.82, 2.24) is 4.98 Å². The second kappa shape index (κ2) is 6.20. The first-order valence-electron chi connectivity index (χ1n) is 7.40. The van der Waals surface area contributed by atoms with Crippen LogP contribution >= 0.6 is 0 Å². The van der Waals surface area contributed by atoms with Crippen molar-refractivity contribution in [2.45, 2.75) is 6.92 Å². The average molecular weight is 323 g/mol. The molecule has 0 radical (unpaired) electrons. The Balaban J connectivity index is 2.20. The van der Waals surface area contributed by atoms with Crippen molar-refractivity contribution in [2.24, 2.45) is 0 Å². The number of nitrogens with zero attached hydrogens (tertiary/aromatic N) is 1. The highest BCUT2D eigenvalue weighted by atomic mass is 16.5. The summed E-state index contributed by atoms with van der Waals surface area (Å²) in [7, 11) is 3.18. The topological polar surface area (TPSA) is 68.7 Å². The number of pyridine rings is 1. The molecule has 1 aromatic heterocycles. The molecule has 0 spiro atoms. The van der Waals surface area contributed by atoms with Crippen molar-refractivity contribution in [2.75, 3.05) is 14.2 Å². The van der Waals surface area contributed by atoms with Crippen molar-refractivity contribution < 1.29 is 19.4 Å². The standard InChI is InChI=1S/C19H17NO4/c1-11-7-15(12-5-4-6-13(8-12)19(21)22)20-16-10-18(24-3)17(23-2)9-14(11)16/h4-10H,1-3H3,(H,21,22). The predicted molar refractivity (Wildman–Crippen MR) is 92.0 cm³/mol. The maximum atomic E-state index is 11.2. The second-order valence-corrected chi connectivity index (χ2v) is 5.43. The van der Waals surface area contributed by atoms with Crippen LogP contribution in [0.4, 0.5) is 0 Å². The predicted octanol–water partition coefficient (Wildman–Crippen LogP) is 3.93. The first-order valence-corrected chi connectivity index (χ1v) is 7.40. The van der Waals surface area contributed by atoms with Gasteiger partial charge in [-0.05, 0) is 36.8 Å². The highest BCUT2D eigenvalue weighted by molar-refractivity contribution is 5.91. The van der Waals surface area contributed by atoms with Crippen LogP contribution in [-0.4, -0.2) is 30.3 Å². The first-order chi connectivity index (χ1) is 11.5. The Morgan fingerprint density at radius 3 is 2.42 bits per heavy atom. The number of hydrogen-bond acceptors (Lipinski definition) is 4. The molecule has 5 nitrogen and oxygen atoms in total. The third-order valence-electron chi connectivity index (χ3n) is 3.93. The molecule has 0 aliphatic carbocycles. The molecule has 2 aromatic carbocycles. The molecule has 0 saturated heterocycles. The lowest BCUT2D eigenvalue weighted by atomic mass is 10.0. The molecule has 0 aliphatic rings. The minimum absolute atomic E-state index is 0.236. The summed E-state index contributed by atoms with van der Waals surface area (Å²) in [5, 5.41) is 10.1. The lowest BCUT2D eigenvalue weighted by Crippen LogP contribution is -1.97. The third-order valence-corrected chi connectivity index (χ3v) is 3.93.